The van der Waals surface area contributed by atoms with Crippen molar-refractivity contribution in [3.8, 4) is 11.5 Å². The highest BCUT2D eigenvalue weighted by Gasteiger charge is 2.15. The molecule has 6 nitrogen and oxygen atoms in total. The molecule has 1 aromatic carbocycles. The van der Waals surface area contributed by atoms with Gasteiger partial charge in [-0.15, -0.1) is 0 Å². The summed E-state index contributed by atoms with van der Waals surface area (Å²) >= 11 is 5.25. The molecule has 128 valence electrons. The van der Waals surface area contributed by atoms with Crippen molar-refractivity contribution < 1.29 is 10.2 Å². The van der Waals surface area contributed by atoms with Gasteiger partial charge in [-0.25, -0.2) is 0 Å². The molecular weight excluding hydrogens is 324 g/mol. The molecule has 1 saturated carbocycles. The van der Waals surface area contributed by atoms with Crippen LogP contribution in [0.3, 0.4) is 0 Å². The van der Waals surface area contributed by atoms with E-state index in [0.29, 0.717) is 10.3 Å². The number of aromatic hydroxyl groups is 2. The third-order valence-electron chi connectivity index (χ3n) is 4.54. The van der Waals surface area contributed by atoms with Gasteiger partial charge < -0.3 is 10.2 Å². The largest absolute Gasteiger partial charge is 0.504 e. The van der Waals surface area contributed by atoms with E-state index in [0.717, 1.165) is 24.6 Å². The van der Waals surface area contributed by atoms with Crippen molar-refractivity contribution in [1.29, 1.82) is 0 Å². The van der Waals surface area contributed by atoms with Gasteiger partial charge in [-0.05, 0) is 48.3 Å². The number of aromatic nitrogens is 3. The number of nitrogens with zero attached hydrogens (tertiary/aromatic N) is 3. The van der Waals surface area contributed by atoms with Crippen LogP contribution in [-0.2, 0) is 6.42 Å². The molecule has 3 rings (SSSR count). The first kappa shape index (κ1) is 16.7. The molecule has 1 aliphatic rings. The number of aryl methyl sites for hydroxylation is 1. The van der Waals surface area contributed by atoms with Crippen LogP contribution in [0, 0.1) is 10.7 Å². The second-order valence-electron chi connectivity index (χ2n) is 6.29. The molecule has 0 spiro atoms. The van der Waals surface area contributed by atoms with Crippen LogP contribution >= 0.6 is 12.2 Å². The van der Waals surface area contributed by atoms with Crippen LogP contribution in [-0.4, -0.2) is 31.3 Å². The Labute approximate surface area is 145 Å². The zero-order chi connectivity index (χ0) is 16.9. The van der Waals surface area contributed by atoms with Crippen molar-refractivity contribution in [2.24, 2.45) is 11.0 Å². The summed E-state index contributed by atoms with van der Waals surface area (Å²) < 4.78 is 2.08. The summed E-state index contributed by atoms with van der Waals surface area (Å²) in [5.74, 6) is 1.27. The molecular formula is C17H22N4O2S. The molecule has 1 fully saturated rings. The molecule has 0 aliphatic heterocycles. The Bertz CT molecular complexity index is 775. The highest BCUT2D eigenvalue weighted by molar-refractivity contribution is 7.71. The number of benzene rings is 1. The molecule has 1 heterocycles. The van der Waals surface area contributed by atoms with E-state index in [9.17, 15) is 10.2 Å². The first-order valence-corrected chi connectivity index (χ1v) is 8.77. The predicted octanol–water partition coefficient (Wildman–Crippen LogP) is 3.75. The summed E-state index contributed by atoms with van der Waals surface area (Å²) in [6.07, 6.45) is 10.2. The smallest absolute Gasteiger partial charge is 0.216 e. The molecule has 7 heteroatoms. The summed E-state index contributed by atoms with van der Waals surface area (Å²) in [6, 6.07) is 4.55. The molecule has 3 N–H and O–H groups in total. The molecule has 24 heavy (non-hydrogen) atoms. The molecule has 1 aromatic heterocycles. The van der Waals surface area contributed by atoms with E-state index < -0.39 is 0 Å². The molecule has 0 unspecified atom stereocenters. The van der Waals surface area contributed by atoms with Crippen molar-refractivity contribution in [2.45, 2.75) is 44.9 Å². The first-order chi connectivity index (χ1) is 11.6. The van der Waals surface area contributed by atoms with E-state index in [1.54, 1.807) is 17.0 Å². The molecule has 0 bridgehead atoms. The number of phenols is 2. The van der Waals surface area contributed by atoms with Crippen LogP contribution < -0.4 is 0 Å². The maximum Gasteiger partial charge on any atom is 0.216 e. The summed E-state index contributed by atoms with van der Waals surface area (Å²) in [5.41, 5.74) is 0.673. The summed E-state index contributed by atoms with van der Waals surface area (Å²) in [5, 5.41) is 30.3. The van der Waals surface area contributed by atoms with Gasteiger partial charge in [0.2, 0.25) is 4.77 Å². The summed E-state index contributed by atoms with van der Waals surface area (Å²) in [6.45, 7) is 0. The highest BCUT2D eigenvalue weighted by atomic mass is 32.1. The second kappa shape index (κ2) is 7.61. The minimum absolute atomic E-state index is 0.153. The summed E-state index contributed by atoms with van der Waals surface area (Å²) in [4.78, 5) is 0. The minimum Gasteiger partial charge on any atom is -0.504 e. The average molecular weight is 346 g/mol. The lowest BCUT2D eigenvalue weighted by Crippen LogP contribution is -2.09. The number of hydrogen-bond donors (Lipinski definition) is 3. The van der Waals surface area contributed by atoms with Crippen LogP contribution in [0.15, 0.2) is 23.3 Å². The maximum absolute atomic E-state index is 9.54. The van der Waals surface area contributed by atoms with Gasteiger partial charge in [0, 0.05) is 6.42 Å². The van der Waals surface area contributed by atoms with E-state index in [4.69, 9.17) is 12.2 Å². The van der Waals surface area contributed by atoms with Crippen LogP contribution in [0.2, 0.25) is 0 Å². The molecule has 0 amide bonds. The Morgan fingerprint density at radius 3 is 2.79 bits per heavy atom. The van der Waals surface area contributed by atoms with E-state index in [1.807, 2.05) is 0 Å². The van der Waals surface area contributed by atoms with Crippen LogP contribution in [0.4, 0.5) is 0 Å². The molecule has 0 saturated heterocycles. The predicted molar refractivity (Wildman–Crippen MR) is 95.1 cm³/mol. The second-order valence-corrected chi connectivity index (χ2v) is 6.68. The third kappa shape index (κ3) is 4.03. The van der Waals surface area contributed by atoms with Crippen LogP contribution in [0.1, 0.15) is 49.9 Å². The fraction of sp³-hybridized carbons (Fsp3) is 0.471. The Kier molecular flexibility index (Phi) is 5.30. The molecule has 2 aromatic rings. The monoisotopic (exact) mass is 346 g/mol. The maximum atomic E-state index is 9.54. The van der Waals surface area contributed by atoms with Crippen molar-refractivity contribution in [1.82, 2.24) is 14.9 Å². The lowest BCUT2D eigenvalue weighted by molar-refractivity contribution is 0.336. The standard InChI is InChI=1S/C17H22N4O2S/c22-14-8-6-13(10-15(14)23)11-18-21-16(19-20-17(21)24)9-7-12-4-2-1-3-5-12/h6,8,10-12,22-23H,1-5,7,9H2,(H,20,24)/b18-11+. The fourth-order valence-electron chi connectivity index (χ4n) is 3.16. The summed E-state index contributed by atoms with van der Waals surface area (Å²) in [7, 11) is 0. The van der Waals surface area contributed by atoms with E-state index in [1.165, 1.54) is 44.2 Å². The Hall–Kier alpha value is -2.15. The van der Waals surface area contributed by atoms with Gasteiger partial charge >= 0.3 is 0 Å². The lowest BCUT2D eigenvalue weighted by Gasteiger charge is -2.20. The third-order valence-corrected chi connectivity index (χ3v) is 4.80. The zero-order valence-corrected chi connectivity index (χ0v) is 14.3. The topological polar surface area (TPSA) is 86.4 Å². The average Bonchev–Trinajstić information content (AvgIpc) is 2.95. The lowest BCUT2D eigenvalue weighted by atomic mass is 9.86. The number of nitrogens with one attached hydrogen (secondary N) is 1. The Morgan fingerprint density at radius 1 is 1.25 bits per heavy atom. The van der Waals surface area contributed by atoms with Gasteiger partial charge in [0.25, 0.3) is 0 Å². The minimum atomic E-state index is -0.174. The van der Waals surface area contributed by atoms with E-state index in [2.05, 4.69) is 15.3 Å². The van der Waals surface area contributed by atoms with Crippen molar-refractivity contribution in [3.05, 3.63) is 34.4 Å². The Balaban J connectivity index is 1.70. The van der Waals surface area contributed by atoms with Crippen molar-refractivity contribution >= 4 is 18.4 Å². The molecule has 1 aliphatic carbocycles. The molecule has 0 atom stereocenters. The fourth-order valence-corrected chi connectivity index (χ4v) is 3.36. The zero-order valence-electron chi connectivity index (χ0n) is 13.5. The van der Waals surface area contributed by atoms with Crippen LogP contribution in [0.25, 0.3) is 0 Å². The van der Waals surface area contributed by atoms with E-state index >= 15 is 0 Å². The number of aromatic amines is 1. The number of H-pyrrole nitrogens is 1. The van der Waals surface area contributed by atoms with Gasteiger partial charge in [0.1, 0.15) is 0 Å². The van der Waals surface area contributed by atoms with Gasteiger partial charge in [-0.2, -0.15) is 14.9 Å². The van der Waals surface area contributed by atoms with Gasteiger partial charge in [-0.3, -0.25) is 5.10 Å². The quantitative estimate of drug-likeness (QED) is 0.437. The van der Waals surface area contributed by atoms with Gasteiger partial charge in [0.05, 0.1) is 6.21 Å². The SMILES string of the molecule is Oc1ccc(/C=N/n2c(CCC3CCCCC3)n[nH]c2=S)cc1O. The number of hydrogen-bond acceptors (Lipinski definition) is 5. The van der Waals surface area contributed by atoms with Gasteiger partial charge in [0.15, 0.2) is 17.3 Å². The Morgan fingerprint density at radius 2 is 2.04 bits per heavy atom. The molecule has 0 radical (unpaired) electrons. The normalized spacial score (nSPS) is 16.0. The van der Waals surface area contributed by atoms with Gasteiger partial charge in [-0.1, -0.05) is 32.1 Å². The van der Waals surface area contributed by atoms with Crippen LogP contribution in [0.5, 0.6) is 11.5 Å². The number of phenolic OH excluding ortho intramolecular Hbond substituents is 2. The number of rotatable bonds is 5. The highest BCUT2D eigenvalue weighted by Crippen LogP contribution is 2.27. The van der Waals surface area contributed by atoms with Crippen molar-refractivity contribution in [3.63, 3.8) is 0 Å². The first-order valence-electron chi connectivity index (χ1n) is 8.36. The van der Waals surface area contributed by atoms with Crippen molar-refractivity contribution in [2.75, 3.05) is 0 Å². The van der Waals surface area contributed by atoms with E-state index in [-0.39, 0.29) is 11.5 Å².